The predicted octanol–water partition coefficient (Wildman–Crippen LogP) is 0.0940. The van der Waals surface area contributed by atoms with Gasteiger partial charge in [0.25, 0.3) is 0 Å². The SMILES string of the molecule is C.C=CCn1c(=O)n(C)c(=O)n(C)c1=O.CC. The first-order chi connectivity index (χ1) is 7.50. The highest BCUT2D eigenvalue weighted by atomic mass is 16.2. The zero-order chi connectivity index (χ0) is 12.9. The molecule has 1 aromatic rings. The molecule has 0 N–H and O–H groups in total. The van der Waals surface area contributed by atoms with Crippen molar-refractivity contribution in [3.63, 3.8) is 0 Å². The van der Waals surface area contributed by atoms with Crippen LogP contribution in [0.1, 0.15) is 21.3 Å². The summed E-state index contributed by atoms with van der Waals surface area (Å²) in [5.41, 5.74) is -1.88. The highest BCUT2D eigenvalue weighted by Crippen LogP contribution is 1.70. The normalized spacial score (nSPS) is 8.71. The summed E-state index contributed by atoms with van der Waals surface area (Å²) >= 11 is 0. The number of aromatic nitrogens is 3. The van der Waals surface area contributed by atoms with E-state index in [4.69, 9.17) is 0 Å². The van der Waals surface area contributed by atoms with Gasteiger partial charge in [-0.15, -0.1) is 6.58 Å². The van der Waals surface area contributed by atoms with Gasteiger partial charge >= 0.3 is 17.1 Å². The molecular formula is C11H21N3O3. The van der Waals surface area contributed by atoms with Crippen LogP contribution in [-0.4, -0.2) is 13.7 Å². The average molecular weight is 243 g/mol. The van der Waals surface area contributed by atoms with Gasteiger partial charge in [-0.1, -0.05) is 27.4 Å². The molecule has 1 rings (SSSR count). The first-order valence-corrected chi connectivity index (χ1v) is 4.98. The number of allylic oxidation sites excluding steroid dienone is 1. The Labute approximate surface area is 100 Å². The number of hydrogen-bond donors (Lipinski definition) is 0. The van der Waals surface area contributed by atoms with Gasteiger partial charge in [-0.05, 0) is 0 Å². The molecule has 0 saturated carbocycles. The van der Waals surface area contributed by atoms with Crippen molar-refractivity contribution in [3.05, 3.63) is 44.1 Å². The van der Waals surface area contributed by atoms with Gasteiger partial charge in [-0.25, -0.2) is 28.1 Å². The largest absolute Gasteiger partial charge is 0.336 e. The summed E-state index contributed by atoms with van der Waals surface area (Å²) in [5, 5.41) is 0. The van der Waals surface area contributed by atoms with Crippen LogP contribution in [0.15, 0.2) is 27.0 Å². The molecule has 0 saturated heterocycles. The highest BCUT2D eigenvalue weighted by Gasteiger charge is 2.08. The Morgan fingerprint density at radius 3 is 1.65 bits per heavy atom. The van der Waals surface area contributed by atoms with E-state index in [1.807, 2.05) is 13.8 Å². The molecule has 0 aromatic carbocycles. The van der Waals surface area contributed by atoms with Crippen molar-refractivity contribution in [2.45, 2.75) is 27.8 Å². The molecule has 6 heteroatoms. The van der Waals surface area contributed by atoms with Gasteiger partial charge < -0.3 is 0 Å². The fourth-order valence-electron chi connectivity index (χ4n) is 1.12. The standard InChI is InChI=1S/C8H11N3O3.C2H6.CH4/c1-4-5-11-7(13)9(2)6(12)10(3)8(11)14;1-2;/h4H,1,5H2,2-3H3;1-2H3;1H4. The van der Waals surface area contributed by atoms with Crippen LogP contribution in [0.3, 0.4) is 0 Å². The third kappa shape index (κ3) is 3.30. The van der Waals surface area contributed by atoms with Gasteiger partial charge in [0.1, 0.15) is 0 Å². The minimum Gasteiger partial charge on any atom is -0.248 e. The molecule has 98 valence electrons. The fourth-order valence-corrected chi connectivity index (χ4v) is 1.12. The molecule has 0 bridgehead atoms. The van der Waals surface area contributed by atoms with E-state index in [-0.39, 0.29) is 14.0 Å². The van der Waals surface area contributed by atoms with E-state index in [0.29, 0.717) is 0 Å². The van der Waals surface area contributed by atoms with E-state index in [0.717, 1.165) is 13.7 Å². The molecular weight excluding hydrogens is 222 g/mol. The van der Waals surface area contributed by atoms with Gasteiger partial charge in [0.2, 0.25) is 0 Å². The maximum absolute atomic E-state index is 11.4. The molecule has 0 radical (unpaired) electrons. The summed E-state index contributed by atoms with van der Waals surface area (Å²) < 4.78 is 2.70. The van der Waals surface area contributed by atoms with Crippen molar-refractivity contribution >= 4 is 0 Å². The maximum Gasteiger partial charge on any atom is 0.336 e. The molecule has 0 aliphatic heterocycles. The van der Waals surface area contributed by atoms with E-state index in [1.165, 1.54) is 20.2 Å². The summed E-state index contributed by atoms with van der Waals surface area (Å²) in [6, 6.07) is 0. The topological polar surface area (TPSA) is 66.0 Å². The zero-order valence-corrected chi connectivity index (χ0v) is 10.1. The summed E-state index contributed by atoms with van der Waals surface area (Å²) in [6.07, 6.45) is 1.42. The smallest absolute Gasteiger partial charge is 0.248 e. The third-order valence-corrected chi connectivity index (χ3v) is 1.92. The quantitative estimate of drug-likeness (QED) is 0.692. The lowest BCUT2D eigenvalue weighted by atomic mass is 10.6. The third-order valence-electron chi connectivity index (χ3n) is 1.92. The molecule has 17 heavy (non-hydrogen) atoms. The monoisotopic (exact) mass is 243 g/mol. The van der Waals surface area contributed by atoms with Crippen LogP contribution in [0.5, 0.6) is 0 Å². The van der Waals surface area contributed by atoms with Gasteiger partial charge in [-0.3, -0.25) is 0 Å². The van der Waals surface area contributed by atoms with Gasteiger partial charge in [0.05, 0.1) is 6.54 Å². The Bertz CT molecular complexity index is 494. The Balaban J connectivity index is 0. The zero-order valence-electron chi connectivity index (χ0n) is 10.1. The minimum absolute atomic E-state index is 0. The number of rotatable bonds is 2. The lowest BCUT2D eigenvalue weighted by Crippen LogP contribution is -2.52. The van der Waals surface area contributed by atoms with Gasteiger partial charge in [0.15, 0.2) is 0 Å². The maximum atomic E-state index is 11.4. The van der Waals surface area contributed by atoms with Crippen LogP contribution in [0, 0.1) is 0 Å². The van der Waals surface area contributed by atoms with Crippen LogP contribution in [-0.2, 0) is 20.6 Å². The number of nitrogens with zero attached hydrogens (tertiary/aromatic N) is 3. The number of hydrogen-bond acceptors (Lipinski definition) is 3. The van der Waals surface area contributed by atoms with Crippen molar-refractivity contribution in [2.24, 2.45) is 14.1 Å². The summed E-state index contributed by atoms with van der Waals surface area (Å²) in [6.45, 7) is 7.52. The van der Waals surface area contributed by atoms with Crippen molar-refractivity contribution in [3.8, 4) is 0 Å². The van der Waals surface area contributed by atoms with Crippen molar-refractivity contribution < 1.29 is 0 Å². The van der Waals surface area contributed by atoms with Crippen LogP contribution < -0.4 is 17.1 Å². The van der Waals surface area contributed by atoms with Crippen LogP contribution >= 0.6 is 0 Å². The Morgan fingerprint density at radius 1 is 1.00 bits per heavy atom. The van der Waals surface area contributed by atoms with Crippen LogP contribution in [0.2, 0.25) is 0 Å². The summed E-state index contributed by atoms with van der Waals surface area (Å²) in [4.78, 5) is 34.1. The summed E-state index contributed by atoms with van der Waals surface area (Å²) in [5.74, 6) is 0. The van der Waals surface area contributed by atoms with Crippen molar-refractivity contribution in [1.82, 2.24) is 13.7 Å². The van der Waals surface area contributed by atoms with Crippen LogP contribution in [0.25, 0.3) is 0 Å². The second kappa shape index (κ2) is 7.43. The first-order valence-electron chi connectivity index (χ1n) is 4.98. The van der Waals surface area contributed by atoms with E-state index in [2.05, 4.69) is 6.58 Å². The molecule has 0 amide bonds. The van der Waals surface area contributed by atoms with E-state index in [1.54, 1.807) is 0 Å². The van der Waals surface area contributed by atoms with E-state index in [9.17, 15) is 14.4 Å². The molecule has 0 spiro atoms. The molecule has 0 aliphatic rings. The van der Waals surface area contributed by atoms with E-state index >= 15 is 0 Å². The minimum atomic E-state index is -0.627. The predicted molar refractivity (Wildman–Crippen MR) is 69.5 cm³/mol. The van der Waals surface area contributed by atoms with Crippen LogP contribution in [0.4, 0.5) is 0 Å². The molecule has 6 nitrogen and oxygen atoms in total. The summed E-state index contributed by atoms with van der Waals surface area (Å²) in [7, 11) is 2.65. The lowest BCUT2D eigenvalue weighted by Gasteiger charge is -2.05. The Kier molecular flexibility index (Phi) is 7.66. The Morgan fingerprint density at radius 2 is 1.35 bits per heavy atom. The second-order valence-corrected chi connectivity index (χ2v) is 2.87. The Hall–Kier alpha value is -1.85. The fraction of sp³-hybridized carbons (Fsp3) is 0.545. The lowest BCUT2D eigenvalue weighted by molar-refractivity contribution is 0.533. The molecule has 0 fully saturated rings. The molecule has 0 unspecified atom stereocenters. The van der Waals surface area contributed by atoms with Crippen molar-refractivity contribution in [1.29, 1.82) is 0 Å². The first kappa shape index (κ1) is 17.5. The second-order valence-electron chi connectivity index (χ2n) is 2.87. The highest BCUT2D eigenvalue weighted by molar-refractivity contribution is 4.79. The molecule has 0 aliphatic carbocycles. The molecule has 1 heterocycles. The van der Waals surface area contributed by atoms with Crippen molar-refractivity contribution in [2.75, 3.05) is 0 Å². The molecule has 1 aromatic heterocycles. The van der Waals surface area contributed by atoms with E-state index < -0.39 is 17.1 Å². The molecule has 0 atom stereocenters. The van der Waals surface area contributed by atoms with Gasteiger partial charge in [0, 0.05) is 14.1 Å². The average Bonchev–Trinajstić information content (AvgIpc) is 2.32. The van der Waals surface area contributed by atoms with Gasteiger partial charge in [-0.2, -0.15) is 0 Å².